The first-order valence-corrected chi connectivity index (χ1v) is 9.15. The van der Waals surface area contributed by atoms with Gasteiger partial charge in [-0.1, -0.05) is 0 Å². The van der Waals surface area contributed by atoms with Crippen molar-refractivity contribution in [3.8, 4) is 0 Å². The number of hydrogen-bond donors (Lipinski definition) is 1. The summed E-state index contributed by atoms with van der Waals surface area (Å²) in [5, 5.41) is 7.51. The number of aromatic nitrogens is 3. The Labute approximate surface area is 159 Å². The van der Waals surface area contributed by atoms with Gasteiger partial charge in [0.1, 0.15) is 5.76 Å². The summed E-state index contributed by atoms with van der Waals surface area (Å²) in [6.07, 6.45) is 2.70. The third-order valence-corrected chi connectivity index (χ3v) is 4.88. The minimum absolute atomic E-state index is 0.0116. The smallest absolute Gasteiger partial charge is 0.220 e. The normalized spacial score (nSPS) is 12.7. The maximum absolute atomic E-state index is 12.4. The van der Waals surface area contributed by atoms with E-state index in [0.717, 1.165) is 34.1 Å². The van der Waals surface area contributed by atoms with Crippen LogP contribution in [0.2, 0.25) is 0 Å². The van der Waals surface area contributed by atoms with E-state index in [4.69, 9.17) is 4.42 Å². The molecular weight excluding hydrogens is 342 g/mol. The Morgan fingerprint density at radius 2 is 2.11 bits per heavy atom. The van der Waals surface area contributed by atoms with Crippen molar-refractivity contribution in [1.82, 2.24) is 24.8 Å². The molecular formula is C20H27N5O2. The van der Waals surface area contributed by atoms with Crippen molar-refractivity contribution in [2.75, 3.05) is 20.6 Å². The highest BCUT2D eigenvalue weighted by Crippen LogP contribution is 2.19. The van der Waals surface area contributed by atoms with E-state index in [9.17, 15) is 4.79 Å². The minimum Gasteiger partial charge on any atom is -0.468 e. The van der Waals surface area contributed by atoms with Crippen molar-refractivity contribution in [2.45, 2.75) is 39.7 Å². The summed E-state index contributed by atoms with van der Waals surface area (Å²) in [6.45, 7) is 6.48. The molecule has 0 aliphatic rings. The molecule has 7 heteroatoms. The van der Waals surface area contributed by atoms with Crippen LogP contribution in [0.25, 0.3) is 5.65 Å². The molecule has 0 spiro atoms. The van der Waals surface area contributed by atoms with Gasteiger partial charge in [0.2, 0.25) is 5.91 Å². The minimum atomic E-state index is 0.0116. The molecule has 3 aromatic rings. The number of carbonyl (C=O) groups excluding carboxylic acids is 1. The van der Waals surface area contributed by atoms with Crippen molar-refractivity contribution in [3.63, 3.8) is 0 Å². The van der Waals surface area contributed by atoms with E-state index in [0.29, 0.717) is 19.4 Å². The monoisotopic (exact) mass is 369 g/mol. The van der Waals surface area contributed by atoms with Gasteiger partial charge in [-0.15, -0.1) is 0 Å². The van der Waals surface area contributed by atoms with Crippen LogP contribution in [0.5, 0.6) is 0 Å². The van der Waals surface area contributed by atoms with E-state index < -0.39 is 0 Å². The average molecular weight is 369 g/mol. The van der Waals surface area contributed by atoms with E-state index in [1.54, 1.807) is 6.26 Å². The van der Waals surface area contributed by atoms with Crippen LogP contribution in [0.15, 0.2) is 28.9 Å². The predicted molar refractivity (Wildman–Crippen MR) is 104 cm³/mol. The first-order valence-electron chi connectivity index (χ1n) is 9.15. The second kappa shape index (κ2) is 7.92. The van der Waals surface area contributed by atoms with Gasteiger partial charge in [0.25, 0.3) is 0 Å². The molecule has 0 aliphatic heterocycles. The Kier molecular flexibility index (Phi) is 5.60. The summed E-state index contributed by atoms with van der Waals surface area (Å²) in [6, 6.07) is 5.76. The van der Waals surface area contributed by atoms with Crippen molar-refractivity contribution >= 4 is 11.6 Å². The Morgan fingerprint density at radius 1 is 1.33 bits per heavy atom. The van der Waals surface area contributed by atoms with Crippen molar-refractivity contribution in [1.29, 1.82) is 0 Å². The highest BCUT2D eigenvalue weighted by atomic mass is 16.3. The number of nitrogens with zero attached hydrogens (tertiary/aromatic N) is 4. The third-order valence-electron chi connectivity index (χ3n) is 4.88. The molecule has 0 bridgehead atoms. The van der Waals surface area contributed by atoms with Crippen LogP contribution in [0.3, 0.4) is 0 Å². The number of aryl methyl sites for hydroxylation is 3. The summed E-state index contributed by atoms with van der Waals surface area (Å²) in [5.41, 5.74) is 4.86. The zero-order chi connectivity index (χ0) is 19.6. The molecule has 144 valence electrons. The fraction of sp³-hybridized carbons (Fsp3) is 0.450. The lowest BCUT2D eigenvalue weighted by atomic mass is 10.1. The van der Waals surface area contributed by atoms with Gasteiger partial charge in [0.05, 0.1) is 18.0 Å². The van der Waals surface area contributed by atoms with Crippen LogP contribution in [-0.2, 0) is 11.2 Å². The second-order valence-electron chi connectivity index (χ2n) is 7.12. The molecule has 3 aromatic heterocycles. The third kappa shape index (κ3) is 4.19. The van der Waals surface area contributed by atoms with Crippen molar-refractivity contribution in [3.05, 3.63) is 52.9 Å². The van der Waals surface area contributed by atoms with Crippen LogP contribution in [0, 0.1) is 20.8 Å². The molecule has 3 rings (SSSR count). The number of rotatable bonds is 7. The molecule has 1 unspecified atom stereocenters. The summed E-state index contributed by atoms with van der Waals surface area (Å²) < 4.78 is 7.34. The molecule has 1 N–H and O–H groups in total. The second-order valence-corrected chi connectivity index (χ2v) is 7.12. The van der Waals surface area contributed by atoms with Gasteiger partial charge in [-0.25, -0.2) is 9.50 Å². The maximum atomic E-state index is 12.4. The van der Waals surface area contributed by atoms with E-state index in [2.05, 4.69) is 15.4 Å². The van der Waals surface area contributed by atoms with Crippen LogP contribution in [-0.4, -0.2) is 46.0 Å². The van der Waals surface area contributed by atoms with Gasteiger partial charge in [0.15, 0.2) is 5.65 Å². The average Bonchev–Trinajstić information content (AvgIpc) is 3.24. The lowest BCUT2D eigenvalue weighted by Gasteiger charge is -2.22. The van der Waals surface area contributed by atoms with E-state index >= 15 is 0 Å². The SMILES string of the molecule is Cc1cc2nc(C)c(CCC(=O)NCC(c3ccco3)N(C)C)c(C)n2n1. The number of carbonyl (C=O) groups is 1. The van der Waals surface area contributed by atoms with Gasteiger partial charge < -0.3 is 9.73 Å². The lowest BCUT2D eigenvalue weighted by molar-refractivity contribution is -0.121. The molecule has 0 saturated carbocycles. The number of amides is 1. The fourth-order valence-corrected chi connectivity index (χ4v) is 3.36. The van der Waals surface area contributed by atoms with E-state index in [-0.39, 0.29) is 11.9 Å². The quantitative estimate of drug-likeness (QED) is 0.693. The van der Waals surface area contributed by atoms with Crippen LogP contribution < -0.4 is 5.32 Å². The summed E-state index contributed by atoms with van der Waals surface area (Å²) in [4.78, 5) is 19.0. The van der Waals surface area contributed by atoms with Gasteiger partial charge in [0, 0.05) is 30.4 Å². The highest BCUT2D eigenvalue weighted by Gasteiger charge is 2.18. The first-order chi connectivity index (χ1) is 12.9. The molecule has 0 fully saturated rings. The first kappa shape index (κ1) is 19.1. The number of nitrogens with one attached hydrogen (secondary N) is 1. The number of likely N-dealkylation sites (N-methyl/N-ethyl adjacent to an activating group) is 1. The van der Waals surface area contributed by atoms with Gasteiger partial charge in [-0.05, 0) is 59.0 Å². The highest BCUT2D eigenvalue weighted by molar-refractivity contribution is 5.76. The molecule has 3 heterocycles. The maximum Gasteiger partial charge on any atom is 0.220 e. The van der Waals surface area contributed by atoms with Crippen LogP contribution >= 0.6 is 0 Å². The van der Waals surface area contributed by atoms with Crippen LogP contribution in [0.1, 0.15) is 40.9 Å². The summed E-state index contributed by atoms with van der Waals surface area (Å²) in [5.74, 6) is 0.861. The number of furan rings is 1. The molecule has 0 aliphatic carbocycles. The van der Waals surface area contributed by atoms with Crippen LogP contribution in [0.4, 0.5) is 0 Å². The zero-order valence-electron chi connectivity index (χ0n) is 16.6. The van der Waals surface area contributed by atoms with Gasteiger partial charge in [-0.2, -0.15) is 5.10 Å². The molecule has 7 nitrogen and oxygen atoms in total. The topological polar surface area (TPSA) is 75.7 Å². The summed E-state index contributed by atoms with van der Waals surface area (Å²) >= 11 is 0. The predicted octanol–water partition coefficient (Wildman–Crippen LogP) is 2.60. The Hall–Kier alpha value is -2.67. The largest absolute Gasteiger partial charge is 0.468 e. The Balaban J connectivity index is 1.63. The van der Waals surface area contributed by atoms with E-state index in [1.807, 2.05) is 62.5 Å². The molecule has 1 atom stereocenters. The molecule has 0 radical (unpaired) electrons. The summed E-state index contributed by atoms with van der Waals surface area (Å²) in [7, 11) is 3.94. The fourth-order valence-electron chi connectivity index (χ4n) is 3.36. The molecule has 1 amide bonds. The van der Waals surface area contributed by atoms with Gasteiger partial charge in [-0.3, -0.25) is 9.69 Å². The van der Waals surface area contributed by atoms with Gasteiger partial charge >= 0.3 is 0 Å². The number of fused-ring (bicyclic) bond motifs is 1. The van der Waals surface area contributed by atoms with Crippen molar-refractivity contribution < 1.29 is 9.21 Å². The van der Waals surface area contributed by atoms with E-state index in [1.165, 1.54) is 0 Å². The molecule has 27 heavy (non-hydrogen) atoms. The molecule has 0 aromatic carbocycles. The standard InChI is InChI=1S/C20H27N5O2/c1-13-11-19-22-14(2)16(15(3)25(19)23-13)8-9-20(26)21-12-17(24(4)5)18-7-6-10-27-18/h6-7,10-11,17H,8-9,12H2,1-5H3,(H,21,26). The Bertz CT molecular complexity index is 928. The van der Waals surface area contributed by atoms with Crippen molar-refractivity contribution in [2.24, 2.45) is 0 Å². The zero-order valence-corrected chi connectivity index (χ0v) is 16.6. The number of hydrogen-bond acceptors (Lipinski definition) is 5. The molecule has 0 saturated heterocycles. The lowest BCUT2D eigenvalue weighted by Crippen LogP contribution is -2.34. The Morgan fingerprint density at radius 3 is 2.78 bits per heavy atom.